The maximum absolute atomic E-state index is 12.4. The Bertz CT molecular complexity index is 634. The zero-order valence-corrected chi connectivity index (χ0v) is 13.4. The number of nitrogens with one attached hydrogen (secondary N) is 1. The minimum atomic E-state index is -0.513. The summed E-state index contributed by atoms with van der Waals surface area (Å²) >= 11 is 0. The third kappa shape index (κ3) is 4.22. The molecule has 1 aromatic carbocycles. The van der Waals surface area contributed by atoms with Crippen LogP contribution in [0.25, 0.3) is 0 Å². The first-order valence-corrected chi connectivity index (χ1v) is 7.57. The third-order valence-corrected chi connectivity index (χ3v) is 3.50. The molecule has 0 fully saturated rings. The van der Waals surface area contributed by atoms with Gasteiger partial charge < -0.3 is 14.8 Å². The van der Waals surface area contributed by atoms with Crippen molar-refractivity contribution in [2.75, 3.05) is 6.61 Å². The van der Waals surface area contributed by atoms with E-state index >= 15 is 0 Å². The Morgan fingerprint density at radius 3 is 2.65 bits per heavy atom. The lowest BCUT2D eigenvalue weighted by Gasteiger charge is -2.12. The minimum absolute atomic E-state index is 0.0346. The van der Waals surface area contributed by atoms with Crippen molar-refractivity contribution in [3.63, 3.8) is 0 Å². The lowest BCUT2D eigenvalue weighted by atomic mass is 10.1. The van der Waals surface area contributed by atoms with E-state index in [1.807, 2.05) is 30.3 Å². The van der Waals surface area contributed by atoms with Gasteiger partial charge in [0, 0.05) is 13.0 Å². The Balaban J connectivity index is 2.11. The number of benzene rings is 1. The van der Waals surface area contributed by atoms with Crippen molar-refractivity contribution in [2.45, 2.75) is 32.9 Å². The Kier molecular flexibility index (Phi) is 5.57. The monoisotopic (exact) mass is 315 g/mol. The van der Waals surface area contributed by atoms with Crippen molar-refractivity contribution in [1.29, 1.82) is 0 Å². The highest BCUT2D eigenvalue weighted by atomic mass is 16.5. The lowest BCUT2D eigenvalue weighted by Crippen LogP contribution is -2.26. The highest BCUT2D eigenvalue weighted by molar-refractivity contribution is 6.02. The van der Waals surface area contributed by atoms with Crippen molar-refractivity contribution in [3.05, 3.63) is 59.4 Å². The molecule has 1 N–H and O–H groups in total. The number of ether oxygens (including phenoxy) is 2. The summed E-state index contributed by atoms with van der Waals surface area (Å²) < 4.78 is 10.6. The van der Waals surface area contributed by atoms with Crippen LogP contribution < -0.4 is 5.32 Å². The van der Waals surface area contributed by atoms with E-state index in [2.05, 4.69) is 11.9 Å². The van der Waals surface area contributed by atoms with Crippen LogP contribution in [0, 0.1) is 0 Å². The average Bonchev–Trinajstić information content (AvgIpc) is 2.99. The van der Waals surface area contributed by atoms with Gasteiger partial charge in [0.15, 0.2) is 5.76 Å². The van der Waals surface area contributed by atoms with E-state index in [1.54, 1.807) is 13.8 Å². The fourth-order valence-corrected chi connectivity index (χ4v) is 2.25. The lowest BCUT2D eigenvalue weighted by molar-refractivity contribution is -0.139. The van der Waals surface area contributed by atoms with Crippen LogP contribution in [0.2, 0.25) is 0 Å². The zero-order valence-electron chi connectivity index (χ0n) is 13.4. The largest absolute Gasteiger partial charge is 0.479 e. The van der Waals surface area contributed by atoms with Gasteiger partial charge in [0.1, 0.15) is 6.10 Å². The van der Waals surface area contributed by atoms with E-state index in [0.717, 1.165) is 11.1 Å². The molecule has 0 aromatic heterocycles. The molecular weight excluding hydrogens is 294 g/mol. The second-order valence-corrected chi connectivity index (χ2v) is 5.35. The number of hydrogen-bond acceptors (Lipinski definition) is 4. The van der Waals surface area contributed by atoms with E-state index in [1.165, 1.54) is 0 Å². The quantitative estimate of drug-likeness (QED) is 0.647. The molecular formula is C18H21NO4. The van der Waals surface area contributed by atoms with E-state index in [0.29, 0.717) is 13.0 Å². The molecule has 1 aromatic rings. The molecule has 0 bridgehead atoms. The minimum Gasteiger partial charge on any atom is -0.479 e. The van der Waals surface area contributed by atoms with Crippen LogP contribution in [0.1, 0.15) is 25.8 Å². The first-order chi connectivity index (χ1) is 11.0. The summed E-state index contributed by atoms with van der Waals surface area (Å²) in [6, 6.07) is 9.52. The summed E-state index contributed by atoms with van der Waals surface area (Å²) in [5.41, 5.74) is 2.00. The van der Waals surface area contributed by atoms with Gasteiger partial charge in [-0.05, 0) is 25.0 Å². The predicted molar refractivity (Wildman–Crippen MR) is 86.3 cm³/mol. The van der Waals surface area contributed by atoms with Gasteiger partial charge in [-0.25, -0.2) is 4.79 Å². The molecule has 0 radical (unpaired) electrons. The third-order valence-electron chi connectivity index (χ3n) is 3.50. The summed E-state index contributed by atoms with van der Waals surface area (Å²) in [5, 5.41) is 2.77. The highest BCUT2D eigenvalue weighted by Gasteiger charge is 2.35. The van der Waals surface area contributed by atoms with E-state index in [9.17, 15) is 9.59 Å². The number of amides is 1. The smallest absolute Gasteiger partial charge is 0.338 e. The number of rotatable bonds is 6. The zero-order chi connectivity index (χ0) is 16.8. The van der Waals surface area contributed by atoms with Gasteiger partial charge in [0.2, 0.25) is 0 Å². The predicted octanol–water partition coefficient (Wildman–Crippen LogP) is 2.49. The molecule has 1 heterocycles. The topological polar surface area (TPSA) is 64.6 Å². The highest BCUT2D eigenvalue weighted by Crippen LogP contribution is 2.29. The average molecular weight is 315 g/mol. The maximum Gasteiger partial charge on any atom is 0.338 e. The molecule has 1 aliphatic heterocycles. The van der Waals surface area contributed by atoms with E-state index in [4.69, 9.17) is 9.47 Å². The van der Waals surface area contributed by atoms with Crippen LogP contribution in [0.3, 0.4) is 0 Å². The van der Waals surface area contributed by atoms with Crippen molar-refractivity contribution in [1.82, 2.24) is 5.32 Å². The van der Waals surface area contributed by atoms with Gasteiger partial charge >= 0.3 is 5.97 Å². The SMILES string of the molecule is C=C(C)C1CC(C(=O)OCC)=C(C(=O)NCc2ccccc2)O1. The molecule has 0 saturated heterocycles. The van der Waals surface area contributed by atoms with Crippen LogP contribution in [-0.2, 0) is 25.6 Å². The Morgan fingerprint density at radius 2 is 2.04 bits per heavy atom. The van der Waals surface area contributed by atoms with Gasteiger partial charge in [0.05, 0.1) is 12.2 Å². The molecule has 1 amide bonds. The first-order valence-electron chi connectivity index (χ1n) is 7.57. The molecule has 5 nitrogen and oxygen atoms in total. The molecule has 0 aliphatic carbocycles. The van der Waals surface area contributed by atoms with Crippen molar-refractivity contribution in [3.8, 4) is 0 Å². The van der Waals surface area contributed by atoms with Gasteiger partial charge in [-0.3, -0.25) is 4.79 Å². The van der Waals surface area contributed by atoms with Crippen molar-refractivity contribution >= 4 is 11.9 Å². The van der Waals surface area contributed by atoms with Crippen molar-refractivity contribution < 1.29 is 19.1 Å². The Morgan fingerprint density at radius 1 is 1.35 bits per heavy atom. The number of hydrogen-bond donors (Lipinski definition) is 1. The summed E-state index contributed by atoms with van der Waals surface area (Å²) in [7, 11) is 0. The Labute approximate surface area is 136 Å². The Hall–Kier alpha value is -2.56. The molecule has 1 unspecified atom stereocenters. The molecule has 0 saturated carbocycles. The van der Waals surface area contributed by atoms with Gasteiger partial charge in [-0.2, -0.15) is 0 Å². The molecule has 1 atom stereocenters. The number of carbonyl (C=O) groups is 2. The van der Waals surface area contributed by atoms with Gasteiger partial charge in [0.25, 0.3) is 5.91 Å². The summed E-state index contributed by atoms with van der Waals surface area (Å²) in [6.45, 7) is 7.96. The van der Waals surface area contributed by atoms with Gasteiger partial charge in [-0.1, -0.05) is 36.9 Å². The first kappa shape index (κ1) is 16.8. The second kappa shape index (κ2) is 7.63. The standard InChI is InChI=1S/C18H21NO4/c1-4-22-18(21)14-10-15(12(2)3)23-16(14)17(20)19-11-13-8-6-5-7-9-13/h5-9,15H,2,4,10-11H2,1,3H3,(H,19,20). The number of esters is 1. The van der Waals surface area contributed by atoms with E-state index < -0.39 is 11.9 Å². The van der Waals surface area contributed by atoms with Crippen LogP contribution in [-0.4, -0.2) is 24.6 Å². The molecule has 2 rings (SSSR count). The van der Waals surface area contributed by atoms with Gasteiger partial charge in [-0.15, -0.1) is 0 Å². The molecule has 0 spiro atoms. The maximum atomic E-state index is 12.4. The normalized spacial score (nSPS) is 16.7. The molecule has 122 valence electrons. The number of carbonyl (C=O) groups excluding carboxylic acids is 2. The summed E-state index contributed by atoms with van der Waals surface area (Å²) in [5.74, 6) is -0.894. The fourth-order valence-electron chi connectivity index (χ4n) is 2.25. The van der Waals surface area contributed by atoms with Crippen LogP contribution in [0.15, 0.2) is 53.8 Å². The summed E-state index contributed by atoms with van der Waals surface area (Å²) in [6.07, 6.45) is -0.0608. The van der Waals surface area contributed by atoms with Crippen molar-refractivity contribution in [2.24, 2.45) is 0 Å². The fraction of sp³-hybridized carbons (Fsp3) is 0.333. The van der Waals surface area contributed by atoms with Crippen LogP contribution in [0.5, 0.6) is 0 Å². The second-order valence-electron chi connectivity index (χ2n) is 5.35. The van der Waals surface area contributed by atoms with E-state index in [-0.39, 0.29) is 24.0 Å². The molecule has 5 heteroatoms. The molecule has 1 aliphatic rings. The van der Waals surface area contributed by atoms with Crippen LogP contribution in [0.4, 0.5) is 0 Å². The van der Waals surface area contributed by atoms with Crippen LogP contribution >= 0.6 is 0 Å². The summed E-state index contributed by atoms with van der Waals surface area (Å²) in [4.78, 5) is 24.4. The molecule has 23 heavy (non-hydrogen) atoms.